The molecule has 102 valence electrons. The standard InChI is InChI=1S/C17H18N2O/c1-17(2,3)16(20)13-9-11-15(12-10-13)19-18-14-7-5-4-6-8-14/h4-12H,1-3H3/b19-18+. The van der Waals surface area contributed by atoms with Crippen LogP contribution in [0.3, 0.4) is 0 Å². The smallest absolute Gasteiger partial charge is 0.168 e. The van der Waals surface area contributed by atoms with Crippen molar-refractivity contribution in [2.45, 2.75) is 20.8 Å². The van der Waals surface area contributed by atoms with Crippen LogP contribution in [0.1, 0.15) is 31.1 Å². The van der Waals surface area contributed by atoms with Gasteiger partial charge >= 0.3 is 0 Å². The summed E-state index contributed by atoms with van der Waals surface area (Å²) in [7, 11) is 0. The highest BCUT2D eigenvalue weighted by atomic mass is 16.1. The number of ketones is 1. The molecule has 0 aliphatic carbocycles. The molecular formula is C17H18N2O. The van der Waals surface area contributed by atoms with E-state index in [-0.39, 0.29) is 11.2 Å². The molecule has 0 bridgehead atoms. The summed E-state index contributed by atoms with van der Waals surface area (Å²) in [5, 5.41) is 8.29. The molecule has 0 spiro atoms. The second kappa shape index (κ2) is 5.78. The van der Waals surface area contributed by atoms with Crippen LogP contribution >= 0.6 is 0 Å². The fourth-order valence-electron chi connectivity index (χ4n) is 1.72. The van der Waals surface area contributed by atoms with E-state index in [0.717, 1.165) is 11.4 Å². The third-order valence-corrected chi connectivity index (χ3v) is 2.85. The fourth-order valence-corrected chi connectivity index (χ4v) is 1.72. The van der Waals surface area contributed by atoms with E-state index in [2.05, 4.69) is 10.2 Å². The predicted molar refractivity (Wildman–Crippen MR) is 80.8 cm³/mol. The van der Waals surface area contributed by atoms with E-state index >= 15 is 0 Å². The summed E-state index contributed by atoms with van der Waals surface area (Å²) in [6.45, 7) is 5.75. The molecule has 20 heavy (non-hydrogen) atoms. The maximum absolute atomic E-state index is 12.1. The highest BCUT2D eigenvalue weighted by Crippen LogP contribution is 2.23. The van der Waals surface area contributed by atoms with Crippen LogP contribution < -0.4 is 0 Å². The van der Waals surface area contributed by atoms with Crippen molar-refractivity contribution < 1.29 is 4.79 Å². The fraction of sp³-hybridized carbons (Fsp3) is 0.235. The van der Waals surface area contributed by atoms with Crippen molar-refractivity contribution in [2.24, 2.45) is 15.6 Å². The summed E-state index contributed by atoms with van der Waals surface area (Å²) in [5.74, 6) is 0.129. The van der Waals surface area contributed by atoms with Gasteiger partial charge in [0, 0.05) is 11.0 Å². The Labute approximate surface area is 119 Å². The van der Waals surface area contributed by atoms with Crippen molar-refractivity contribution in [1.82, 2.24) is 0 Å². The maximum Gasteiger partial charge on any atom is 0.168 e. The summed E-state index contributed by atoms with van der Waals surface area (Å²) < 4.78 is 0. The van der Waals surface area contributed by atoms with E-state index < -0.39 is 0 Å². The second-order valence-electron chi connectivity index (χ2n) is 5.66. The minimum atomic E-state index is -0.368. The van der Waals surface area contributed by atoms with Crippen molar-refractivity contribution in [2.75, 3.05) is 0 Å². The van der Waals surface area contributed by atoms with Crippen LogP contribution in [0.25, 0.3) is 0 Å². The first kappa shape index (κ1) is 14.1. The molecule has 0 amide bonds. The van der Waals surface area contributed by atoms with E-state index in [1.165, 1.54) is 0 Å². The summed E-state index contributed by atoms with van der Waals surface area (Å²) in [5.41, 5.74) is 1.88. The van der Waals surface area contributed by atoms with Gasteiger partial charge in [0.2, 0.25) is 0 Å². The van der Waals surface area contributed by atoms with Crippen LogP contribution in [-0.4, -0.2) is 5.78 Å². The largest absolute Gasteiger partial charge is 0.294 e. The summed E-state index contributed by atoms with van der Waals surface area (Å²) >= 11 is 0. The highest BCUT2D eigenvalue weighted by Gasteiger charge is 2.22. The SMILES string of the molecule is CC(C)(C)C(=O)c1ccc(/N=N/c2ccccc2)cc1. The molecule has 3 nitrogen and oxygen atoms in total. The number of rotatable bonds is 3. The summed E-state index contributed by atoms with van der Waals surface area (Å²) in [6, 6.07) is 16.8. The Morgan fingerprint density at radius 1 is 0.800 bits per heavy atom. The molecule has 0 radical (unpaired) electrons. The second-order valence-corrected chi connectivity index (χ2v) is 5.66. The van der Waals surface area contributed by atoms with Crippen molar-refractivity contribution in [3.63, 3.8) is 0 Å². The van der Waals surface area contributed by atoms with Crippen molar-refractivity contribution in [3.8, 4) is 0 Å². The van der Waals surface area contributed by atoms with Crippen LogP contribution in [-0.2, 0) is 0 Å². The van der Waals surface area contributed by atoms with Crippen LogP contribution in [0, 0.1) is 5.41 Å². The zero-order valence-corrected chi connectivity index (χ0v) is 12.0. The average Bonchev–Trinajstić information content (AvgIpc) is 2.45. The molecule has 0 saturated heterocycles. The van der Waals surface area contributed by atoms with Gasteiger partial charge in [-0.1, -0.05) is 39.0 Å². The molecule has 0 heterocycles. The normalized spacial score (nSPS) is 11.8. The van der Waals surface area contributed by atoms with Crippen molar-refractivity contribution in [1.29, 1.82) is 0 Å². The Hall–Kier alpha value is -2.29. The van der Waals surface area contributed by atoms with E-state index in [4.69, 9.17) is 0 Å². The van der Waals surface area contributed by atoms with Gasteiger partial charge in [0.25, 0.3) is 0 Å². The Morgan fingerprint density at radius 2 is 1.30 bits per heavy atom. The lowest BCUT2D eigenvalue weighted by Crippen LogP contribution is -2.19. The highest BCUT2D eigenvalue weighted by molar-refractivity contribution is 5.99. The number of carbonyl (C=O) groups excluding carboxylic acids is 1. The first-order chi connectivity index (χ1) is 9.47. The monoisotopic (exact) mass is 266 g/mol. The minimum absolute atomic E-state index is 0.129. The van der Waals surface area contributed by atoms with Crippen LogP contribution in [0.4, 0.5) is 11.4 Å². The molecule has 2 rings (SSSR count). The number of hydrogen-bond acceptors (Lipinski definition) is 3. The van der Waals surface area contributed by atoms with E-state index in [1.54, 1.807) is 12.1 Å². The molecule has 0 aliphatic rings. The molecule has 0 aromatic heterocycles. The number of hydrogen-bond donors (Lipinski definition) is 0. The van der Waals surface area contributed by atoms with E-state index in [1.807, 2.05) is 63.2 Å². The predicted octanol–water partition coefficient (Wildman–Crippen LogP) is 5.33. The first-order valence-electron chi connectivity index (χ1n) is 6.58. The van der Waals surface area contributed by atoms with Gasteiger partial charge in [-0.2, -0.15) is 10.2 Å². The molecule has 0 unspecified atom stereocenters. The van der Waals surface area contributed by atoms with Crippen LogP contribution in [0.5, 0.6) is 0 Å². The van der Waals surface area contributed by atoms with Crippen molar-refractivity contribution in [3.05, 3.63) is 60.2 Å². The lowest BCUT2D eigenvalue weighted by Gasteiger charge is -2.16. The molecule has 2 aromatic carbocycles. The number of Topliss-reactive ketones (excluding diaryl/α,β-unsaturated/α-hetero) is 1. The number of carbonyl (C=O) groups is 1. The van der Waals surface area contributed by atoms with Gasteiger partial charge in [-0.15, -0.1) is 0 Å². The summed E-state index contributed by atoms with van der Waals surface area (Å²) in [4.78, 5) is 12.1. The number of benzene rings is 2. The zero-order valence-electron chi connectivity index (χ0n) is 12.0. The average molecular weight is 266 g/mol. The Morgan fingerprint density at radius 3 is 1.80 bits per heavy atom. The zero-order chi connectivity index (χ0) is 14.6. The first-order valence-corrected chi connectivity index (χ1v) is 6.58. The van der Waals surface area contributed by atoms with E-state index in [9.17, 15) is 4.79 Å². The van der Waals surface area contributed by atoms with Gasteiger partial charge in [0.05, 0.1) is 11.4 Å². The molecular weight excluding hydrogens is 248 g/mol. The number of azo groups is 1. The third-order valence-electron chi connectivity index (χ3n) is 2.85. The Bertz CT molecular complexity index is 608. The Kier molecular flexibility index (Phi) is 4.08. The Balaban J connectivity index is 2.13. The topological polar surface area (TPSA) is 41.8 Å². The molecule has 3 heteroatoms. The molecule has 0 N–H and O–H groups in total. The quantitative estimate of drug-likeness (QED) is 0.546. The van der Waals surface area contributed by atoms with Gasteiger partial charge in [-0.3, -0.25) is 4.79 Å². The van der Waals surface area contributed by atoms with Gasteiger partial charge in [-0.05, 0) is 36.4 Å². The molecule has 2 aromatic rings. The molecule has 0 aliphatic heterocycles. The molecule has 0 atom stereocenters. The van der Waals surface area contributed by atoms with E-state index in [0.29, 0.717) is 5.56 Å². The minimum Gasteiger partial charge on any atom is -0.294 e. The molecule has 0 saturated carbocycles. The van der Waals surface area contributed by atoms with Crippen molar-refractivity contribution >= 4 is 17.2 Å². The van der Waals surface area contributed by atoms with Gasteiger partial charge in [-0.25, -0.2) is 0 Å². The summed E-state index contributed by atoms with van der Waals surface area (Å²) in [6.07, 6.45) is 0. The van der Waals surface area contributed by atoms with Crippen LogP contribution in [0.15, 0.2) is 64.8 Å². The van der Waals surface area contributed by atoms with Gasteiger partial charge < -0.3 is 0 Å². The maximum atomic E-state index is 12.1. The number of nitrogens with zero attached hydrogens (tertiary/aromatic N) is 2. The lowest BCUT2D eigenvalue weighted by molar-refractivity contribution is 0.0858. The van der Waals surface area contributed by atoms with Gasteiger partial charge in [0.1, 0.15) is 0 Å². The molecule has 0 fully saturated rings. The van der Waals surface area contributed by atoms with Crippen LogP contribution in [0.2, 0.25) is 0 Å². The van der Waals surface area contributed by atoms with Gasteiger partial charge in [0.15, 0.2) is 5.78 Å². The lowest BCUT2D eigenvalue weighted by atomic mass is 9.86. The third kappa shape index (κ3) is 3.60.